The van der Waals surface area contributed by atoms with E-state index in [0.29, 0.717) is 32.6 Å². The highest BCUT2D eigenvalue weighted by molar-refractivity contribution is 9.10. The fourth-order valence-electron chi connectivity index (χ4n) is 5.22. The molecule has 0 spiro atoms. The number of carbonyl (C=O) groups is 3. The van der Waals surface area contributed by atoms with E-state index in [-0.39, 0.29) is 29.0 Å². The topological polar surface area (TPSA) is 112 Å². The molecule has 0 saturated heterocycles. The maximum Gasteiger partial charge on any atom is 0.285 e. The molecule has 1 aliphatic rings. The summed E-state index contributed by atoms with van der Waals surface area (Å²) in [6.07, 6.45) is 8.07. The number of halogens is 1. The molecule has 0 radical (unpaired) electrons. The summed E-state index contributed by atoms with van der Waals surface area (Å²) >= 11 is 4.46. The molecular formula is C41H33BrN4O4S. The predicted octanol–water partition coefficient (Wildman–Crippen LogP) is 8.29. The van der Waals surface area contributed by atoms with Crippen LogP contribution in [0.1, 0.15) is 40.8 Å². The standard InChI is InChI=1S/C41H33BrN4O4S/c1-3-5-20-34(4-2)46-40(49)35(24-32-23-33(42)21-22-36(32)50-26-31-19-13-12-18-30(31)25-43)39(48)45-41(46)51-27-37(47)44-38(28-14-8-6-9-15-28)29-16-10-7-11-17-29/h3-24,38H,1,26-27H2,2H3,(H,44,47)/b20-5-,34-4+,35-24+. The van der Waals surface area contributed by atoms with Gasteiger partial charge in [0.2, 0.25) is 5.91 Å². The van der Waals surface area contributed by atoms with Gasteiger partial charge >= 0.3 is 0 Å². The van der Waals surface area contributed by atoms with Crippen LogP contribution in [-0.2, 0) is 21.0 Å². The number of hydrogen-bond donors (Lipinski definition) is 1. The molecule has 1 N–H and O–H groups in total. The average Bonchev–Trinajstić information content (AvgIpc) is 3.16. The quantitative estimate of drug-likeness (QED) is 0.0885. The van der Waals surface area contributed by atoms with E-state index in [2.05, 4.69) is 38.9 Å². The molecule has 51 heavy (non-hydrogen) atoms. The zero-order valence-corrected chi connectivity index (χ0v) is 30.1. The average molecular weight is 758 g/mol. The van der Waals surface area contributed by atoms with E-state index >= 15 is 0 Å². The summed E-state index contributed by atoms with van der Waals surface area (Å²) in [5, 5.41) is 12.7. The second-order valence-electron chi connectivity index (χ2n) is 11.1. The smallest absolute Gasteiger partial charge is 0.285 e. The molecule has 0 atom stereocenters. The van der Waals surface area contributed by atoms with Crippen LogP contribution in [0, 0.1) is 11.3 Å². The van der Waals surface area contributed by atoms with Gasteiger partial charge in [0.25, 0.3) is 11.8 Å². The Kier molecular flexibility index (Phi) is 12.7. The molecule has 1 aliphatic heterocycles. The first-order valence-corrected chi connectivity index (χ1v) is 17.7. The molecule has 5 rings (SSSR count). The van der Waals surface area contributed by atoms with Crippen LogP contribution in [0.15, 0.2) is 155 Å². The van der Waals surface area contributed by atoms with Crippen LogP contribution >= 0.6 is 27.7 Å². The third-order valence-electron chi connectivity index (χ3n) is 7.71. The Hall–Kier alpha value is -5.76. The van der Waals surface area contributed by atoms with Gasteiger partial charge in [-0.15, -0.1) is 0 Å². The lowest BCUT2D eigenvalue weighted by molar-refractivity contribution is -0.126. The molecule has 0 saturated carbocycles. The summed E-state index contributed by atoms with van der Waals surface area (Å²) in [5.41, 5.74) is 3.71. The van der Waals surface area contributed by atoms with Gasteiger partial charge < -0.3 is 10.1 Å². The zero-order chi connectivity index (χ0) is 36.2. The Morgan fingerprint density at radius 2 is 1.69 bits per heavy atom. The molecule has 0 fully saturated rings. The molecule has 10 heteroatoms. The van der Waals surface area contributed by atoms with Crippen LogP contribution in [0.2, 0.25) is 0 Å². The summed E-state index contributed by atoms with van der Waals surface area (Å²) in [5.74, 6) is -1.39. The first-order chi connectivity index (χ1) is 24.8. The van der Waals surface area contributed by atoms with Gasteiger partial charge in [0, 0.05) is 21.3 Å². The number of nitriles is 1. The molecule has 0 bridgehead atoms. The third-order valence-corrected chi connectivity index (χ3v) is 9.14. The molecule has 0 aliphatic carbocycles. The summed E-state index contributed by atoms with van der Waals surface area (Å²) in [7, 11) is 0. The molecule has 0 unspecified atom stereocenters. The molecule has 0 aromatic heterocycles. The number of amidine groups is 1. The monoisotopic (exact) mass is 756 g/mol. The van der Waals surface area contributed by atoms with Crippen molar-refractivity contribution in [2.75, 3.05) is 5.75 Å². The fourth-order valence-corrected chi connectivity index (χ4v) is 6.41. The number of allylic oxidation sites excluding steroid dienone is 4. The van der Waals surface area contributed by atoms with Gasteiger partial charge in [-0.2, -0.15) is 10.3 Å². The Morgan fingerprint density at radius 1 is 1.02 bits per heavy atom. The van der Waals surface area contributed by atoms with Crippen molar-refractivity contribution in [3.63, 3.8) is 0 Å². The number of hydrogen-bond acceptors (Lipinski definition) is 6. The second kappa shape index (κ2) is 17.8. The van der Waals surface area contributed by atoms with Gasteiger partial charge in [-0.1, -0.05) is 131 Å². The first-order valence-electron chi connectivity index (χ1n) is 15.9. The van der Waals surface area contributed by atoms with Crippen molar-refractivity contribution in [1.29, 1.82) is 5.26 Å². The molecule has 1 heterocycles. The lowest BCUT2D eigenvalue weighted by Crippen LogP contribution is -2.42. The summed E-state index contributed by atoms with van der Waals surface area (Å²) in [6.45, 7) is 5.59. The number of aliphatic imine (C=N–C) groups is 1. The Bertz CT molecular complexity index is 2060. The molecule has 8 nitrogen and oxygen atoms in total. The van der Waals surface area contributed by atoms with E-state index in [1.807, 2.05) is 66.7 Å². The van der Waals surface area contributed by atoms with Crippen LogP contribution in [0.25, 0.3) is 6.08 Å². The van der Waals surface area contributed by atoms with Crippen LogP contribution in [0.5, 0.6) is 5.75 Å². The molecule has 4 aromatic carbocycles. The van der Waals surface area contributed by atoms with Gasteiger partial charge in [-0.25, -0.2) is 0 Å². The Labute approximate surface area is 309 Å². The number of benzene rings is 4. The van der Waals surface area contributed by atoms with Crippen molar-refractivity contribution in [3.8, 4) is 11.8 Å². The van der Waals surface area contributed by atoms with Crippen LogP contribution in [0.3, 0.4) is 0 Å². The van der Waals surface area contributed by atoms with Gasteiger partial charge in [0.15, 0.2) is 5.17 Å². The van der Waals surface area contributed by atoms with E-state index in [0.717, 1.165) is 22.9 Å². The summed E-state index contributed by atoms with van der Waals surface area (Å²) in [6, 6.07) is 33.3. The maximum absolute atomic E-state index is 14.2. The minimum absolute atomic E-state index is 0.0638. The van der Waals surface area contributed by atoms with E-state index in [4.69, 9.17) is 4.74 Å². The molecular weight excluding hydrogens is 724 g/mol. The van der Waals surface area contributed by atoms with E-state index in [1.165, 1.54) is 11.0 Å². The van der Waals surface area contributed by atoms with Crippen LogP contribution in [-0.4, -0.2) is 33.5 Å². The number of carbonyl (C=O) groups excluding carboxylic acids is 3. The Morgan fingerprint density at radius 3 is 2.33 bits per heavy atom. The molecule has 4 aromatic rings. The van der Waals surface area contributed by atoms with Crippen molar-refractivity contribution in [1.82, 2.24) is 10.2 Å². The number of rotatable bonds is 12. The van der Waals surface area contributed by atoms with Crippen molar-refractivity contribution in [3.05, 3.63) is 178 Å². The number of ether oxygens (including phenoxy) is 1. The number of nitrogens with one attached hydrogen (secondary N) is 1. The lowest BCUT2D eigenvalue weighted by Gasteiger charge is -2.28. The van der Waals surface area contributed by atoms with Gasteiger partial charge in [-0.3, -0.25) is 19.3 Å². The van der Waals surface area contributed by atoms with Crippen LogP contribution < -0.4 is 10.1 Å². The van der Waals surface area contributed by atoms with Crippen molar-refractivity contribution in [2.24, 2.45) is 4.99 Å². The third kappa shape index (κ3) is 9.28. The maximum atomic E-state index is 14.2. The minimum Gasteiger partial charge on any atom is -0.488 e. The minimum atomic E-state index is -0.755. The lowest BCUT2D eigenvalue weighted by atomic mass is 9.99. The van der Waals surface area contributed by atoms with E-state index in [9.17, 15) is 19.6 Å². The zero-order valence-electron chi connectivity index (χ0n) is 27.7. The van der Waals surface area contributed by atoms with Crippen molar-refractivity contribution in [2.45, 2.75) is 19.6 Å². The van der Waals surface area contributed by atoms with Crippen LogP contribution in [0.4, 0.5) is 0 Å². The SMILES string of the molecule is C=C/C=C\C(=C/C)N1C(=O)/C(=C/c2cc(Br)ccc2OCc2ccccc2C#N)C(=O)N=C1SCC(=O)NC(c1ccccc1)c1ccccc1. The van der Waals surface area contributed by atoms with Gasteiger partial charge in [-0.05, 0) is 54.5 Å². The largest absolute Gasteiger partial charge is 0.488 e. The summed E-state index contributed by atoms with van der Waals surface area (Å²) < 4.78 is 6.79. The number of nitrogens with zero attached hydrogens (tertiary/aromatic N) is 3. The molecule has 254 valence electrons. The van der Waals surface area contributed by atoms with Gasteiger partial charge in [0.05, 0.1) is 23.4 Å². The first kappa shape index (κ1) is 36.5. The fraction of sp³-hybridized carbons (Fsp3) is 0.0976. The number of amides is 3. The van der Waals surface area contributed by atoms with Crippen molar-refractivity contribution >= 4 is 56.7 Å². The van der Waals surface area contributed by atoms with E-state index in [1.54, 1.807) is 67.6 Å². The highest BCUT2D eigenvalue weighted by Crippen LogP contribution is 2.31. The molecule has 3 amide bonds. The van der Waals surface area contributed by atoms with E-state index < -0.39 is 17.9 Å². The second-order valence-corrected chi connectivity index (χ2v) is 12.9. The number of thioether (sulfide) groups is 1. The Balaban J connectivity index is 1.43. The highest BCUT2D eigenvalue weighted by atomic mass is 79.9. The normalized spacial score (nSPS) is 14.1. The predicted molar refractivity (Wildman–Crippen MR) is 205 cm³/mol. The summed E-state index contributed by atoms with van der Waals surface area (Å²) in [4.78, 5) is 46.9. The highest BCUT2D eigenvalue weighted by Gasteiger charge is 2.35. The van der Waals surface area contributed by atoms with Gasteiger partial charge in [0.1, 0.15) is 17.9 Å². The van der Waals surface area contributed by atoms with Crippen molar-refractivity contribution < 1.29 is 19.1 Å².